The van der Waals surface area contributed by atoms with Crippen molar-refractivity contribution < 1.29 is 22.8 Å². The standard InChI is InChI=1S/C20H17F3N2O2/c1-2-13-5-3-8-17-14(12-26)10-25(19(13)17)11-18(27)24-16-7-4-6-15(9-16)20(21,22)23/h3-10,12H,2,11H2,1H3,(H,24,27). The molecule has 0 aliphatic carbocycles. The van der Waals surface area contributed by atoms with E-state index in [4.69, 9.17) is 0 Å². The van der Waals surface area contributed by atoms with E-state index in [9.17, 15) is 22.8 Å². The maximum Gasteiger partial charge on any atom is 0.416 e. The van der Waals surface area contributed by atoms with Crippen LogP contribution in [-0.4, -0.2) is 16.8 Å². The number of nitrogens with one attached hydrogen (secondary N) is 1. The molecule has 0 bridgehead atoms. The van der Waals surface area contributed by atoms with Crippen molar-refractivity contribution in [1.82, 2.24) is 4.57 Å². The van der Waals surface area contributed by atoms with Gasteiger partial charge in [0.25, 0.3) is 0 Å². The highest BCUT2D eigenvalue weighted by atomic mass is 19.4. The number of hydrogen-bond acceptors (Lipinski definition) is 2. The maximum absolute atomic E-state index is 12.8. The molecule has 7 heteroatoms. The summed E-state index contributed by atoms with van der Waals surface area (Å²) in [6.45, 7) is 1.85. The second-order valence-corrected chi connectivity index (χ2v) is 6.12. The summed E-state index contributed by atoms with van der Waals surface area (Å²) in [5, 5.41) is 3.23. The Kier molecular flexibility index (Phi) is 5.03. The molecule has 3 aromatic rings. The van der Waals surface area contributed by atoms with Crippen LogP contribution in [0.2, 0.25) is 0 Å². The summed E-state index contributed by atoms with van der Waals surface area (Å²) in [5.74, 6) is -0.477. The topological polar surface area (TPSA) is 51.1 Å². The van der Waals surface area contributed by atoms with Crippen molar-refractivity contribution in [3.05, 3.63) is 65.4 Å². The second-order valence-electron chi connectivity index (χ2n) is 6.12. The lowest BCUT2D eigenvalue weighted by molar-refractivity contribution is -0.137. The lowest BCUT2D eigenvalue weighted by Gasteiger charge is -2.11. The Bertz CT molecular complexity index is 1010. The lowest BCUT2D eigenvalue weighted by atomic mass is 10.1. The molecule has 3 rings (SSSR count). The Labute approximate surface area is 153 Å². The highest BCUT2D eigenvalue weighted by Gasteiger charge is 2.30. The number of fused-ring (bicyclic) bond motifs is 1. The van der Waals surface area contributed by atoms with Gasteiger partial charge in [0.1, 0.15) is 6.54 Å². The zero-order valence-electron chi connectivity index (χ0n) is 14.5. The fraction of sp³-hybridized carbons (Fsp3) is 0.200. The van der Waals surface area contributed by atoms with Crippen molar-refractivity contribution in [1.29, 1.82) is 0 Å². The van der Waals surface area contributed by atoms with Gasteiger partial charge in [-0.2, -0.15) is 13.2 Å². The molecule has 140 valence electrons. The minimum absolute atomic E-state index is 0.0672. The summed E-state index contributed by atoms with van der Waals surface area (Å²) in [4.78, 5) is 23.7. The van der Waals surface area contributed by atoms with Crippen molar-refractivity contribution in [2.75, 3.05) is 5.32 Å². The molecule has 0 unspecified atom stereocenters. The van der Waals surface area contributed by atoms with E-state index < -0.39 is 17.6 Å². The highest BCUT2D eigenvalue weighted by Crippen LogP contribution is 2.30. The SMILES string of the molecule is CCc1cccc2c(C=O)cn(CC(=O)Nc3cccc(C(F)(F)F)c3)c12. The van der Waals surface area contributed by atoms with Gasteiger partial charge in [-0.3, -0.25) is 9.59 Å². The average Bonchev–Trinajstić information content (AvgIpc) is 2.99. The van der Waals surface area contributed by atoms with E-state index in [2.05, 4.69) is 5.32 Å². The Morgan fingerprint density at radius 1 is 1.19 bits per heavy atom. The Hall–Kier alpha value is -3.09. The summed E-state index contributed by atoms with van der Waals surface area (Å²) in [5.41, 5.74) is 1.46. The fourth-order valence-corrected chi connectivity index (χ4v) is 3.10. The van der Waals surface area contributed by atoms with Crippen LogP contribution in [0, 0.1) is 0 Å². The number of amides is 1. The van der Waals surface area contributed by atoms with Crippen LogP contribution in [-0.2, 0) is 23.9 Å². The number of aldehydes is 1. The first-order valence-corrected chi connectivity index (χ1v) is 8.36. The molecule has 0 saturated carbocycles. The van der Waals surface area contributed by atoms with Gasteiger partial charge in [-0.05, 0) is 30.2 Å². The molecule has 1 amide bonds. The number of nitrogens with zero attached hydrogens (tertiary/aromatic N) is 1. The van der Waals surface area contributed by atoms with Crippen LogP contribution >= 0.6 is 0 Å². The minimum atomic E-state index is -4.48. The third kappa shape index (κ3) is 3.86. The molecule has 1 N–H and O–H groups in total. The molecule has 27 heavy (non-hydrogen) atoms. The van der Waals surface area contributed by atoms with Crippen LogP contribution in [0.1, 0.15) is 28.4 Å². The molecule has 1 heterocycles. The fourth-order valence-electron chi connectivity index (χ4n) is 3.10. The van der Waals surface area contributed by atoms with Crippen LogP contribution in [0.4, 0.5) is 18.9 Å². The second kappa shape index (κ2) is 7.26. The zero-order chi connectivity index (χ0) is 19.6. The molecule has 1 aromatic heterocycles. The van der Waals surface area contributed by atoms with E-state index in [1.165, 1.54) is 12.1 Å². The number of aromatic nitrogens is 1. The van der Waals surface area contributed by atoms with Gasteiger partial charge in [-0.15, -0.1) is 0 Å². The number of para-hydroxylation sites is 1. The number of carbonyl (C=O) groups excluding carboxylic acids is 2. The number of benzene rings is 2. The van der Waals surface area contributed by atoms with E-state index in [1.807, 2.05) is 19.1 Å². The Morgan fingerprint density at radius 3 is 2.59 bits per heavy atom. The number of hydrogen-bond donors (Lipinski definition) is 1. The molecule has 2 aromatic carbocycles. The molecule has 0 atom stereocenters. The summed E-state index contributed by atoms with van der Waals surface area (Å²) >= 11 is 0. The van der Waals surface area contributed by atoms with Gasteiger partial charge < -0.3 is 9.88 Å². The smallest absolute Gasteiger partial charge is 0.337 e. The monoisotopic (exact) mass is 374 g/mol. The number of halogens is 3. The summed E-state index contributed by atoms with van der Waals surface area (Å²) in [6, 6.07) is 10.0. The van der Waals surface area contributed by atoms with Crippen LogP contribution < -0.4 is 5.32 Å². The summed E-state index contributed by atoms with van der Waals surface area (Å²) in [7, 11) is 0. The average molecular weight is 374 g/mol. The van der Waals surface area contributed by atoms with E-state index in [1.54, 1.807) is 16.8 Å². The van der Waals surface area contributed by atoms with Gasteiger partial charge in [0.05, 0.1) is 11.1 Å². The molecule has 0 aliphatic rings. The van der Waals surface area contributed by atoms with Gasteiger partial charge in [-0.1, -0.05) is 31.2 Å². The molecule has 4 nitrogen and oxygen atoms in total. The van der Waals surface area contributed by atoms with Crippen LogP contribution in [0.5, 0.6) is 0 Å². The number of carbonyl (C=O) groups is 2. The Balaban J connectivity index is 1.88. The van der Waals surface area contributed by atoms with Gasteiger partial charge >= 0.3 is 6.18 Å². The van der Waals surface area contributed by atoms with Crippen molar-refractivity contribution in [3.8, 4) is 0 Å². The first kappa shape index (κ1) is 18.7. The van der Waals surface area contributed by atoms with E-state index in [0.29, 0.717) is 5.56 Å². The van der Waals surface area contributed by atoms with E-state index in [-0.39, 0.29) is 12.2 Å². The van der Waals surface area contributed by atoms with Crippen molar-refractivity contribution in [3.63, 3.8) is 0 Å². The van der Waals surface area contributed by atoms with Gasteiger partial charge in [-0.25, -0.2) is 0 Å². The molecular formula is C20H17F3N2O2. The summed E-state index contributed by atoms with van der Waals surface area (Å²) in [6.07, 6.45) is -1.45. The van der Waals surface area contributed by atoms with Crippen molar-refractivity contribution in [2.24, 2.45) is 0 Å². The third-order valence-corrected chi connectivity index (χ3v) is 4.31. The van der Waals surface area contributed by atoms with Crippen LogP contribution in [0.25, 0.3) is 10.9 Å². The molecule has 0 aliphatic heterocycles. The molecule has 0 radical (unpaired) electrons. The largest absolute Gasteiger partial charge is 0.416 e. The van der Waals surface area contributed by atoms with Gasteiger partial charge in [0.2, 0.25) is 5.91 Å². The normalized spacial score (nSPS) is 11.6. The third-order valence-electron chi connectivity index (χ3n) is 4.31. The predicted octanol–water partition coefficient (Wildman–Crippen LogP) is 4.67. The van der Waals surface area contributed by atoms with Crippen molar-refractivity contribution in [2.45, 2.75) is 26.1 Å². The number of alkyl halides is 3. The zero-order valence-corrected chi connectivity index (χ0v) is 14.5. The van der Waals surface area contributed by atoms with Crippen molar-refractivity contribution >= 4 is 28.8 Å². The number of aryl methyl sites for hydroxylation is 1. The van der Waals surface area contributed by atoms with Crippen LogP contribution in [0.15, 0.2) is 48.7 Å². The van der Waals surface area contributed by atoms with Crippen LogP contribution in [0.3, 0.4) is 0 Å². The maximum atomic E-state index is 12.8. The first-order valence-electron chi connectivity index (χ1n) is 8.36. The lowest BCUT2D eigenvalue weighted by Crippen LogP contribution is -2.19. The predicted molar refractivity (Wildman–Crippen MR) is 96.8 cm³/mol. The minimum Gasteiger partial charge on any atom is -0.337 e. The van der Waals surface area contributed by atoms with Gasteiger partial charge in [0, 0.05) is 22.8 Å². The number of anilines is 1. The quantitative estimate of drug-likeness (QED) is 0.660. The molecule has 0 spiro atoms. The molecule has 0 fully saturated rings. The molecular weight excluding hydrogens is 357 g/mol. The Morgan fingerprint density at radius 2 is 1.93 bits per heavy atom. The van der Waals surface area contributed by atoms with E-state index in [0.717, 1.165) is 41.3 Å². The first-order chi connectivity index (χ1) is 12.8. The summed E-state index contributed by atoms with van der Waals surface area (Å²) < 4.78 is 40.1. The van der Waals surface area contributed by atoms with Gasteiger partial charge in [0.15, 0.2) is 6.29 Å². The highest BCUT2D eigenvalue weighted by molar-refractivity contribution is 6.00. The van der Waals surface area contributed by atoms with E-state index >= 15 is 0 Å². The molecule has 0 saturated heterocycles. The number of rotatable bonds is 5.